The molecule has 0 saturated heterocycles. The van der Waals surface area contributed by atoms with Gasteiger partial charge in [-0.05, 0) is 29.6 Å². The molecule has 0 aromatic heterocycles. The number of rotatable bonds is 3. The van der Waals surface area contributed by atoms with Crippen molar-refractivity contribution in [2.75, 3.05) is 0 Å². The summed E-state index contributed by atoms with van der Waals surface area (Å²) < 4.78 is 0. The minimum absolute atomic E-state index is 0.435. The predicted molar refractivity (Wildman–Crippen MR) is 57.3 cm³/mol. The first-order chi connectivity index (χ1) is 5.31. The van der Waals surface area contributed by atoms with Gasteiger partial charge in [0.2, 0.25) is 0 Å². The Morgan fingerprint density at radius 1 is 0.917 bits per heavy atom. The van der Waals surface area contributed by atoms with Gasteiger partial charge in [0.1, 0.15) is 0 Å². The summed E-state index contributed by atoms with van der Waals surface area (Å²) in [6.07, 6.45) is 2.59. The molecule has 0 radical (unpaired) electrons. The molecule has 0 bridgehead atoms. The van der Waals surface area contributed by atoms with Crippen LogP contribution in [0.2, 0.25) is 0 Å². The van der Waals surface area contributed by atoms with Crippen molar-refractivity contribution in [2.45, 2.75) is 61.3 Å². The fraction of sp³-hybridized carbons (Fsp3) is 1.00. The van der Waals surface area contributed by atoms with Crippen LogP contribution in [-0.2, 0) is 0 Å². The van der Waals surface area contributed by atoms with Gasteiger partial charge in [-0.25, -0.2) is 0 Å². The van der Waals surface area contributed by atoms with Crippen LogP contribution >= 0.6 is 0 Å². The summed E-state index contributed by atoms with van der Waals surface area (Å²) >= 11 is 0. The Kier molecular flexibility index (Phi) is 3.81. The van der Waals surface area contributed by atoms with Gasteiger partial charge in [-0.15, -0.1) is 0 Å². The molecule has 0 rings (SSSR count). The maximum absolute atomic E-state index is 2.38. The Morgan fingerprint density at radius 2 is 1.25 bits per heavy atom. The van der Waals surface area contributed by atoms with Gasteiger partial charge in [0, 0.05) is 0 Å². The van der Waals surface area contributed by atoms with E-state index >= 15 is 0 Å². The van der Waals surface area contributed by atoms with Crippen molar-refractivity contribution in [2.24, 2.45) is 16.7 Å². The molecule has 0 aromatic carbocycles. The zero-order valence-corrected chi connectivity index (χ0v) is 9.99. The average molecular weight is 170 g/mol. The third-order valence-corrected chi connectivity index (χ3v) is 3.86. The van der Waals surface area contributed by atoms with Crippen LogP contribution < -0.4 is 0 Å². The maximum Gasteiger partial charge on any atom is -0.0231 e. The summed E-state index contributed by atoms with van der Waals surface area (Å²) in [5.41, 5.74) is 0.956. The van der Waals surface area contributed by atoms with Gasteiger partial charge in [-0.3, -0.25) is 0 Å². The number of hydrogen-bond donors (Lipinski definition) is 0. The van der Waals surface area contributed by atoms with Crippen molar-refractivity contribution >= 4 is 0 Å². The zero-order valence-electron chi connectivity index (χ0n) is 9.99. The highest BCUT2D eigenvalue weighted by Gasteiger charge is 2.40. The molecule has 0 heterocycles. The Bertz CT molecular complexity index is 121. The lowest BCUT2D eigenvalue weighted by Crippen LogP contribution is -2.39. The maximum atomic E-state index is 2.38. The molecule has 0 aliphatic rings. The van der Waals surface area contributed by atoms with Crippen LogP contribution in [-0.4, -0.2) is 0 Å². The molecular formula is C12H26. The first-order valence-electron chi connectivity index (χ1n) is 5.31. The quantitative estimate of drug-likeness (QED) is 0.585. The second kappa shape index (κ2) is 3.81. The highest BCUT2D eigenvalue weighted by atomic mass is 14.5. The van der Waals surface area contributed by atoms with E-state index in [2.05, 4.69) is 48.5 Å². The van der Waals surface area contributed by atoms with Gasteiger partial charge in [0.15, 0.2) is 0 Å². The SMILES string of the molecule is CCC(CC)(C(C)C)C(C)(C)C. The van der Waals surface area contributed by atoms with Crippen molar-refractivity contribution in [3.63, 3.8) is 0 Å². The molecule has 0 N–H and O–H groups in total. The molecule has 0 aliphatic heterocycles. The largest absolute Gasteiger partial charge is 0.0648 e. The Balaban J connectivity index is 4.83. The van der Waals surface area contributed by atoms with Gasteiger partial charge >= 0.3 is 0 Å². The Hall–Kier alpha value is 0. The summed E-state index contributed by atoms with van der Waals surface area (Å²) in [7, 11) is 0. The highest BCUT2D eigenvalue weighted by molar-refractivity contribution is 4.90. The van der Waals surface area contributed by atoms with E-state index in [0.29, 0.717) is 10.8 Å². The molecule has 0 amide bonds. The second-order valence-electron chi connectivity index (χ2n) is 5.27. The predicted octanol–water partition coefficient (Wildman–Crippen LogP) is 4.49. The molecule has 0 aliphatic carbocycles. The summed E-state index contributed by atoms with van der Waals surface area (Å²) in [6, 6.07) is 0. The number of hydrogen-bond acceptors (Lipinski definition) is 0. The van der Waals surface area contributed by atoms with Crippen molar-refractivity contribution < 1.29 is 0 Å². The lowest BCUT2D eigenvalue weighted by molar-refractivity contribution is 0.0213. The van der Waals surface area contributed by atoms with Gasteiger partial charge in [-0.1, -0.05) is 48.5 Å². The summed E-state index contributed by atoms with van der Waals surface area (Å²) in [5.74, 6) is 0.785. The van der Waals surface area contributed by atoms with E-state index in [4.69, 9.17) is 0 Å². The smallest absolute Gasteiger partial charge is 0.0231 e. The fourth-order valence-electron chi connectivity index (χ4n) is 2.99. The van der Waals surface area contributed by atoms with Gasteiger partial charge in [0.05, 0.1) is 0 Å². The Labute approximate surface area is 78.8 Å². The highest BCUT2D eigenvalue weighted by Crippen LogP contribution is 2.49. The van der Waals surface area contributed by atoms with Gasteiger partial charge in [-0.2, -0.15) is 0 Å². The van der Waals surface area contributed by atoms with Crippen LogP contribution in [0.4, 0.5) is 0 Å². The first kappa shape index (κ1) is 12.0. The van der Waals surface area contributed by atoms with Crippen LogP contribution in [0, 0.1) is 16.7 Å². The van der Waals surface area contributed by atoms with Crippen molar-refractivity contribution in [1.29, 1.82) is 0 Å². The molecule has 0 aromatic rings. The second-order valence-corrected chi connectivity index (χ2v) is 5.27. The zero-order chi connectivity index (χ0) is 9.99. The van der Waals surface area contributed by atoms with E-state index in [0.717, 1.165) is 5.92 Å². The molecule has 0 fully saturated rings. The third-order valence-electron chi connectivity index (χ3n) is 3.86. The van der Waals surface area contributed by atoms with E-state index < -0.39 is 0 Å². The molecular weight excluding hydrogens is 144 g/mol. The van der Waals surface area contributed by atoms with Crippen LogP contribution in [0.15, 0.2) is 0 Å². The lowest BCUT2D eigenvalue weighted by atomic mass is 9.58. The van der Waals surface area contributed by atoms with Crippen molar-refractivity contribution in [1.82, 2.24) is 0 Å². The van der Waals surface area contributed by atoms with Gasteiger partial charge < -0.3 is 0 Å². The van der Waals surface area contributed by atoms with Gasteiger partial charge in [0.25, 0.3) is 0 Å². The molecule has 0 saturated carbocycles. The van der Waals surface area contributed by atoms with Crippen molar-refractivity contribution in [3.05, 3.63) is 0 Å². The van der Waals surface area contributed by atoms with Crippen LogP contribution in [0.3, 0.4) is 0 Å². The Morgan fingerprint density at radius 3 is 1.25 bits per heavy atom. The molecule has 74 valence electrons. The molecule has 0 atom stereocenters. The molecule has 0 nitrogen and oxygen atoms in total. The first-order valence-corrected chi connectivity index (χ1v) is 5.31. The van der Waals surface area contributed by atoms with E-state index in [1.54, 1.807) is 0 Å². The van der Waals surface area contributed by atoms with E-state index in [9.17, 15) is 0 Å². The summed E-state index contributed by atoms with van der Waals surface area (Å²) in [6.45, 7) is 16.5. The topological polar surface area (TPSA) is 0 Å². The molecule has 12 heavy (non-hydrogen) atoms. The minimum atomic E-state index is 0.435. The van der Waals surface area contributed by atoms with E-state index in [1.165, 1.54) is 12.8 Å². The minimum Gasteiger partial charge on any atom is -0.0648 e. The standard InChI is InChI=1S/C12H26/c1-8-12(9-2,10(3)4)11(5,6)7/h10H,8-9H2,1-7H3. The normalized spacial score (nSPS) is 14.0. The monoisotopic (exact) mass is 170 g/mol. The fourth-order valence-corrected chi connectivity index (χ4v) is 2.99. The summed E-state index contributed by atoms with van der Waals surface area (Å²) in [4.78, 5) is 0. The molecule has 0 unspecified atom stereocenters. The van der Waals surface area contributed by atoms with Crippen molar-refractivity contribution in [3.8, 4) is 0 Å². The average Bonchev–Trinajstić information content (AvgIpc) is 1.87. The molecule has 0 heteroatoms. The third kappa shape index (κ3) is 1.84. The lowest BCUT2D eigenvalue weighted by Gasteiger charge is -2.47. The summed E-state index contributed by atoms with van der Waals surface area (Å²) in [5, 5.41) is 0. The molecule has 0 spiro atoms. The van der Waals surface area contributed by atoms with Crippen LogP contribution in [0.25, 0.3) is 0 Å². The van der Waals surface area contributed by atoms with E-state index in [-0.39, 0.29) is 0 Å². The van der Waals surface area contributed by atoms with Crippen LogP contribution in [0.5, 0.6) is 0 Å². The van der Waals surface area contributed by atoms with Crippen LogP contribution in [0.1, 0.15) is 61.3 Å². The van der Waals surface area contributed by atoms with E-state index in [1.807, 2.05) is 0 Å².